The maximum atomic E-state index is 13.1. The molecule has 0 bridgehead atoms. The topological polar surface area (TPSA) is 60.2 Å². The van der Waals surface area contributed by atoms with Crippen molar-refractivity contribution in [3.63, 3.8) is 0 Å². The summed E-state index contributed by atoms with van der Waals surface area (Å²) in [5, 5.41) is 5.54. The van der Waals surface area contributed by atoms with E-state index >= 15 is 0 Å². The highest BCUT2D eigenvalue weighted by Crippen LogP contribution is 2.38. The second-order valence-corrected chi connectivity index (χ2v) is 7.71. The lowest BCUT2D eigenvalue weighted by atomic mass is 9.96. The Hall–Kier alpha value is -1.96. The predicted molar refractivity (Wildman–Crippen MR) is 103 cm³/mol. The van der Waals surface area contributed by atoms with Gasteiger partial charge in [0.05, 0.1) is 27.9 Å². The number of halogens is 1. The van der Waals surface area contributed by atoms with Crippen LogP contribution in [0.1, 0.15) is 25.0 Å². The molecule has 2 atom stereocenters. The van der Waals surface area contributed by atoms with Crippen molar-refractivity contribution in [3.05, 3.63) is 41.2 Å². The van der Waals surface area contributed by atoms with Gasteiger partial charge in [-0.3, -0.25) is 14.4 Å². The molecule has 1 amide bonds. The monoisotopic (exact) mass is 390 g/mol. The van der Waals surface area contributed by atoms with Gasteiger partial charge in [0, 0.05) is 32.0 Å². The van der Waals surface area contributed by atoms with Crippen LogP contribution in [0.15, 0.2) is 30.6 Å². The first-order valence-electron chi connectivity index (χ1n) is 8.55. The van der Waals surface area contributed by atoms with E-state index in [1.54, 1.807) is 24.2 Å². The van der Waals surface area contributed by atoms with E-state index in [0.717, 1.165) is 22.3 Å². The SMILES string of the molecule is CCn1cc([C@@H]2OCC[C@H]2C(=O)N(C)c2nc3c(Cl)cccc3s2)cn1. The number of hydrogen-bond donors (Lipinski definition) is 0. The summed E-state index contributed by atoms with van der Waals surface area (Å²) in [6.07, 6.45) is 4.17. The Labute approximate surface area is 160 Å². The molecular formula is C18H19ClN4O2S. The number of nitrogens with zero attached hydrogens (tertiary/aromatic N) is 4. The molecule has 4 rings (SSSR count). The van der Waals surface area contributed by atoms with Crippen LogP contribution in [0.2, 0.25) is 5.02 Å². The Balaban J connectivity index is 1.59. The fourth-order valence-electron chi connectivity index (χ4n) is 3.26. The summed E-state index contributed by atoms with van der Waals surface area (Å²) in [7, 11) is 1.76. The van der Waals surface area contributed by atoms with Crippen molar-refractivity contribution < 1.29 is 9.53 Å². The van der Waals surface area contributed by atoms with Crippen molar-refractivity contribution in [1.29, 1.82) is 0 Å². The molecule has 0 aliphatic carbocycles. The van der Waals surface area contributed by atoms with Crippen LogP contribution in [0.3, 0.4) is 0 Å². The van der Waals surface area contributed by atoms with Crippen molar-refractivity contribution in [2.24, 2.45) is 5.92 Å². The summed E-state index contributed by atoms with van der Waals surface area (Å²) in [4.78, 5) is 19.3. The van der Waals surface area contributed by atoms with Gasteiger partial charge in [-0.2, -0.15) is 5.10 Å². The second kappa shape index (κ2) is 6.98. The molecule has 1 aliphatic heterocycles. The van der Waals surface area contributed by atoms with E-state index in [0.29, 0.717) is 23.2 Å². The van der Waals surface area contributed by atoms with E-state index in [-0.39, 0.29) is 17.9 Å². The molecule has 1 aromatic carbocycles. The van der Waals surface area contributed by atoms with Gasteiger partial charge in [0.25, 0.3) is 0 Å². The van der Waals surface area contributed by atoms with Crippen LogP contribution in [0, 0.1) is 5.92 Å². The summed E-state index contributed by atoms with van der Waals surface area (Å²) in [5.41, 5.74) is 1.68. The maximum absolute atomic E-state index is 13.1. The van der Waals surface area contributed by atoms with Gasteiger partial charge < -0.3 is 4.74 Å². The number of aryl methyl sites for hydroxylation is 1. The Bertz CT molecular complexity index is 954. The molecule has 8 heteroatoms. The normalized spacial score (nSPS) is 20.0. The molecule has 0 spiro atoms. The van der Waals surface area contributed by atoms with E-state index in [1.165, 1.54) is 11.3 Å². The van der Waals surface area contributed by atoms with Crippen molar-refractivity contribution in [2.75, 3.05) is 18.6 Å². The number of amides is 1. The Morgan fingerprint density at radius 3 is 3.08 bits per heavy atom. The van der Waals surface area contributed by atoms with Gasteiger partial charge in [-0.25, -0.2) is 4.98 Å². The van der Waals surface area contributed by atoms with Gasteiger partial charge in [0.1, 0.15) is 5.52 Å². The third kappa shape index (κ3) is 3.00. The highest BCUT2D eigenvalue weighted by molar-refractivity contribution is 7.22. The summed E-state index contributed by atoms with van der Waals surface area (Å²) < 4.78 is 8.67. The number of ether oxygens (including phenoxy) is 1. The number of carbonyl (C=O) groups is 1. The minimum Gasteiger partial charge on any atom is -0.373 e. The van der Waals surface area contributed by atoms with E-state index in [4.69, 9.17) is 16.3 Å². The van der Waals surface area contributed by atoms with Crippen LogP contribution in [0.5, 0.6) is 0 Å². The molecule has 3 aromatic rings. The van der Waals surface area contributed by atoms with Crippen molar-refractivity contribution in [2.45, 2.75) is 26.0 Å². The quantitative estimate of drug-likeness (QED) is 0.677. The summed E-state index contributed by atoms with van der Waals surface area (Å²) in [6, 6.07) is 5.66. The molecule has 1 aliphatic rings. The van der Waals surface area contributed by atoms with Crippen LogP contribution < -0.4 is 4.90 Å². The molecular weight excluding hydrogens is 372 g/mol. The largest absolute Gasteiger partial charge is 0.373 e. The minimum absolute atomic E-state index is 0.00641. The van der Waals surface area contributed by atoms with Crippen LogP contribution in [-0.2, 0) is 16.1 Å². The fraction of sp³-hybridized carbons (Fsp3) is 0.389. The standard InChI is InChI=1S/C18H19ClN4O2S/c1-3-23-10-11(9-20-23)16-12(7-8-25-16)17(24)22(2)18-21-15-13(19)5-4-6-14(15)26-18/h4-6,9-10,12,16H,3,7-8H2,1-2H3/t12-,16+/m1/s1. The summed E-state index contributed by atoms with van der Waals surface area (Å²) in [5.74, 6) is -0.232. The van der Waals surface area contributed by atoms with Gasteiger partial charge in [-0.15, -0.1) is 0 Å². The van der Waals surface area contributed by atoms with Crippen LogP contribution >= 0.6 is 22.9 Å². The lowest BCUT2D eigenvalue weighted by Crippen LogP contribution is -2.34. The number of thiazole rings is 1. The van der Waals surface area contributed by atoms with Crippen molar-refractivity contribution >= 4 is 44.2 Å². The number of fused-ring (bicyclic) bond motifs is 1. The zero-order valence-electron chi connectivity index (χ0n) is 14.6. The van der Waals surface area contributed by atoms with Gasteiger partial charge in [-0.05, 0) is 25.5 Å². The van der Waals surface area contributed by atoms with E-state index in [2.05, 4.69) is 10.1 Å². The molecule has 3 heterocycles. The van der Waals surface area contributed by atoms with E-state index in [9.17, 15) is 4.79 Å². The van der Waals surface area contributed by atoms with Crippen LogP contribution in [0.25, 0.3) is 10.2 Å². The van der Waals surface area contributed by atoms with Crippen LogP contribution in [0.4, 0.5) is 5.13 Å². The van der Waals surface area contributed by atoms with Crippen molar-refractivity contribution in [3.8, 4) is 0 Å². The van der Waals surface area contributed by atoms with Gasteiger partial charge in [0.2, 0.25) is 5.91 Å². The van der Waals surface area contributed by atoms with Gasteiger partial charge in [0.15, 0.2) is 5.13 Å². The Kier molecular flexibility index (Phi) is 4.69. The highest BCUT2D eigenvalue weighted by atomic mass is 35.5. The van der Waals surface area contributed by atoms with E-state index in [1.807, 2.05) is 29.9 Å². The molecule has 0 unspecified atom stereocenters. The zero-order valence-corrected chi connectivity index (χ0v) is 16.1. The first-order chi connectivity index (χ1) is 12.6. The third-order valence-corrected chi connectivity index (χ3v) is 6.09. The van der Waals surface area contributed by atoms with Gasteiger partial charge >= 0.3 is 0 Å². The number of aromatic nitrogens is 3. The van der Waals surface area contributed by atoms with Gasteiger partial charge in [-0.1, -0.05) is 29.0 Å². The van der Waals surface area contributed by atoms with Crippen molar-refractivity contribution in [1.82, 2.24) is 14.8 Å². The number of anilines is 1. The average Bonchev–Trinajstić information content (AvgIpc) is 3.37. The second-order valence-electron chi connectivity index (χ2n) is 6.30. The third-order valence-electron chi connectivity index (χ3n) is 4.69. The minimum atomic E-state index is -0.261. The molecule has 0 saturated carbocycles. The zero-order chi connectivity index (χ0) is 18.3. The maximum Gasteiger partial charge on any atom is 0.234 e. The lowest BCUT2D eigenvalue weighted by molar-refractivity contribution is -0.123. The molecule has 6 nitrogen and oxygen atoms in total. The smallest absolute Gasteiger partial charge is 0.234 e. The Morgan fingerprint density at radius 1 is 1.50 bits per heavy atom. The fourth-order valence-corrected chi connectivity index (χ4v) is 4.49. The number of benzene rings is 1. The molecule has 1 saturated heterocycles. The number of hydrogen-bond acceptors (Lipinski definition) is 5. The number of rotatable bonds is 4. The molecule has 0 radical (unpaired) electrons. The molecule has 26 heavy (non-hydrogen) atoms. The average molecular weight is 391 g/mol. The first-order valence-corrected chi connectivity index (χ1v) is 9.74. The lowest BCUT2D eigenvalue weighted by Gasteiger charge is -2.21. The number of carbonyl (C=O) groups excluding carboxylic acids is 1. The van der Waals surface area contributed by atoms with Crippen LogP contribution in [-0.4, -0.2) is 34.3 Å². The first kappa shape index (κ1) is 17.5. The highest BCUT2D eigenvalue weighted by Gasteiger charge is 2.38. The Morgan fingerprint density at radius 2 is 2.35 bits per heavy atom. The number of para-hydroxylation sites is 1. The molecule has 0 N–H and O–H groups in total. The molecule has 1 fully saturated rings. The van der Waals surface area contributed by atoms with E-state index < -0.39 is 0 Å². The molecule has 136 valence electrons. The summed E-state index contributed by atoms with van der Waals surface area (Å²) in [6.45, 7) is 3.39. The molecule has 2 aromatic heterocycles. The summed E-state index contributed by atoms with van der Waals surface area (Å²) >= 11 is 7.68. The predicted octanol–water partition coefficient (Wildman–Crippen LogP) is 3.91.